The summed E-state index contributed by atoms with van der Waals surface area (Å²) in [6.07, 6.45) is 5.11. The molecule has 0 aromatic carbocycles. The number of nitrogens with zero attached hydrogens (tertiary/aromatic N) is 4. The zero-order valence-electron chi connectivity index (χ0n) is 10.7. The Morgan fingerprint density at radius 1 is 1.44 bits per heavy atom. The average molecular weight is 246 g/mol. The molecule has 0 atom stereocenters. The Bertz CT molecular complexity index is 590. The lowest BCUT2D eigenvalue weighted by Crippen LogP contribution is -2.14. The molecular weight excluding hydrogens is 228 g/mol. The summed E-state index contributed by atoms with van der Waals surface area (Å²) in [5.41, 5.74) is 8.83. The summed E-state index contributed by atoms with van der Waals surface area (Å²) in [6, 6.07) is 0. The van der Waals surface area contributed by atoms with Crippen molar-refractivity contribution in [2.45, 2.75) is 32.1 Å². The summed E-state index contributed by atoms with van der Waals surface area (Å²) < 4.78 is 3.32. The third-order valence-corrected chi connectivity index (χ3v) is 3.41. The molecule has 3 rings (SSSR count). The first-order valence-corrected chi connectivity index (χ1v) is 6.27. The van der Waals surface area contributed by atoms with Gasteiger partial charge in [-0.2, -0.15) is 5.10 Å². The number of nitrogens with two attached hydrogens (primary N) is 2. The van der Waals surface area contributed by atoms with Crippen LogP contribution in [0.5, 0.6) is 0 Å². The van der Waals surface area contributed by atoms with Crippen molar-refractivity contribution in [1.29, 1.82) is 0 Å². The van der Waals surface area contributed by atoms with Crippen LogP contribution in [0, 0.1) is 0 Å². The molecule has 0 aliphatic heterocycles. The second-order valence-corrected chi connectivity index (χ2v) is 4.86. The fourth-order valence-electron chi connectivity index (χ4n) is 2.28. The summed E-state index contributed by atoms with van der Waals surface area (Å²) in [5.74, 6) is 7.89. The van der Waals surface area contributed by atoms with Crippen molar-refractivity contribution < 1.29 is 0 Å². The third-order valence-electron chi connectivity index (χ3n) is 3.41. The number of nitrogen functional groups attached to an aromatic ring is 2. The number of rotatable bonds is 3. The molecule has 6 nitrogen and oxygen atoms in total. The van der Waals surface area contributed by atoms with Gasteiger partial charge in [-0.1, -0.05) is 6.92 Å². The van der Waals surface area contributed by atoms with E-state index in [-0.39, 0.29) is 0 Å². The van der Waals surface area contributed by atoms with Gasteiger partial charge >= 0.3 is 0 Å². The number of hydrogen-bond donors (Lipinski definition) is 2. The molecule has 0 bridgehead atoms. The van der Waals surface area contributed by atoms with Crippen LogP contribution in [-0.4, -0.2) is 19.4 Å². The van der Waals surface area contributed by atoms with Crippen LogP contribution in [0.3, 0.4) is 0 Å². The van der Waals surface area contributed by atoms with Crippen molar-refractivity contribution in [3.63, 3.8) is 0 Å². The van der Waals surface area contributed by atoms with Crippen LogP contribution < -0.4 is 11.6 Å². The maximum atomic E-state index is 6.07. The summed E-state index contributed by atoms with van der Waals surface area (Å²) in [4.78, 5) is 4.62. The van der Waals surface area contributed by atoms with E-state index in [1.54, 1.807) is 4.68 Å². The second-order valence-electron chi connectivity index (χ2n) is 4.86. The second kappa shape index (κ2) is 3.76. The summed E-state index contributed by atoms with van der Waals surface area (Å²) in [7, 11) is 1.90. The van der Waals surface area contributed by atoms with Gasteiger partial charge in [-0.15, -0.1) is 0 Å². The van der Waals surface area contributed by atoms with E-state index in [4.69, 9.17) is 11.6 Å². The highest BCUT2D eigenvalue weighted by Crippen LogP contribution is 2.41. The molecule has 1 saturated carbocycles. The fourth-order valence-corrected chi connectivity index (χ4v) is 2.28. The average Bonchev–Trinajstić information content (AvgIpc) is 3.06. The number of aryl methyl sites for hydroxylation is 2. The smallest absolute Gasteiger partial charge is 0.150 e. The molecule has 2 heterocycles. The highest BCUT2D eigenvalue weighted by Gasteiger charge is 2.31. The molecule has 0 saturated heterocycles. The Labute approximate surface area is 106 Å². The SMILES string of the molecule is CCc1nn(C)cc1-c1nc(C2CC2)n(N)c1N. The minimum Gasteiger partial charge on any atom is -0.382 e. The molecule has 18 heavy (non-hydrogen) atoms. The molecule has 0 spiro atoms. The van der Waals surface area contributed by atoms with E-state index in [0.29, 0.717) is 11.7 Å². The normalized spacial score (nSPS) is 15.2. The van der Waals surface area contributed by atoms with Gasteiger partial charge in [0.25, 0.3) is 0 Å². The summed E-state index contributed by atoms with van der Waals surface area (Å²) >= 11 is 0. The van der Waals surface area contributed by atoms with Gasteiger partial charge in [0.2, 0.25) is 0 Å². The van der Waals surface area contributed by atoms with Crippen LogP contribution in [0.15, 0.2) is 6.20 Å². The molecule has 6 heteroatoms. The van der Waals surface area contributed by atoms with Crippen molar-refractivity contribution in [2.24, 2.45) is 7.05 Å². The van der Waals surface area contributed by atoms with E-state index in [0.717, 1.165) is 42.0 Å². The Morgan fingerprint density at radius 2 is 2.17 bits per heavy atom. The molecule has 1 fully saturated rings. The number of anilines is 1. The summed E-state index contributed by atoms with van der Waals surface area (Å²) in [6.45, 7) is 2.07. The highest BCUT2D eigenvalue weighted by molar-refractivity contribution is 5.72. The molecule has 96 valence electrons. The van der Waals surface area contributed by atoms with Crippen molar-refractivity contribution in [3.05, 3.63) is 17.7 Å². The lowest BCUT2D eigenvalue weighted by atomic mass is 10.1. The van der Waals surface area contributed by atoms with E-state index in [1.165, 1.54) is 4.68 Å². The van der Waals surface area contributed by atoms with Gasteiger partial charge < -0.3 is 11.6 Å². The quantitative estimate of drug-likeness (QED) is 0.791. The Kier molecular flexibility index (Phi) is 2.33. The molecule has 0 amide bonds. The van der Waals surface area contributed by atoms with Crippen LogP contribution in [0.1, 0.15) is 37.2 Å². The molecule has 1 aliphatic carbocycles. The van der Waals surface area contributed by atoms with E-state index in [2.05, 4.69) is 17.0 Å². The molecule has 4 N–H and O–H groups in total. The van der Waals surface area contributed by atoms with E-state index < -0.39 is 0 Å². The van der Waals surface area contributed by atoms with Crippen LogP contribution in [-0.2, 0) is 13.5 Å². The van der Waals surface area contributed by atoms with Gasteiger partial charge in [0.15, 0.2) is 5.82 Å². The van der Waals surface area contributed by atoms with Crippen molar-refractivity contribution >= 4 is 5.82 Å². The van der Waals surface area contributed by atoms with Crippen molar-refractivity contribution in [2.75, 3.05) is 11.6 Å². The van der Waals surface area contributed by atoms with Crippen molar-refractivity contribution in [3.8, 4) is 11.3 Å². The molecule has 1 aliphatic rings. The summed E-state index contributed by atoms with van der Waals surface area (Å²) in [5, 5.41) is 4.42. The van der Waals surface area contributed by atoms with Gasteiger partial charge in [0.1, 0.15) is 11.5 Å². The lowest BCUT2D eigenvalue weighted by molar-refractivity contribution is 0.746. The fraction of sp³-hybridized carbons (Fsp3) is 0.500. The van der Waals surface area contributed by atoms with Crippen LogP contribution in [0.2, 0.25) is 0 Å². The lowest BCUT2D eigenvalue weighted by Gasteiger charge is -2.00. The molecule has 2 aromatic heterocycles. The zero-order chi connectivity index (χ0) is 12.9. The Morgan fingerprint density at radius 3 is 2.78 bits per heavy atom. The first kappa shape index (κ1) is 11.1. The number of imidazole rings is 1. The predicted octanol–water partition coefficient (Wildman–Crippen LogP) is 1.02. The third kappa shape index (κ3) is 1.56. The minimum atomic E-state index is 0.479. The minimum absolute atomic E-state index is 0.479. The van der Waals surface area contributed by atoms with Crippen molar-refractivity contribution in [1.82, 2.24) is 19.4 Å². The van der Waals surface area contributed by atoms with E-state index >= 15 is 0 Å². The molecule has 0 radical (unpaired) electrons. The first-order valence-electron chi connectivity index (χ1n) is 6.27. The van der Waals surface area contributed by atoms with Gasteiger partial charge in [0.05, 0.1) is 5.69 Å². The zero-order valence-corrected chi connectivity index (χ0v) is 10.7. The van der Waals surface area contributed by atoms with Gasteiger partial charge in [0, 0.05) is 24.7 Å². The van der Waals surface area contributed by atoms with Gasteiger partial charge in [-0.3, -0.25) is 4.68 Å². The largest absolute Gasteiger partial charge is 0.382 e. The van der Waals surface area contributed by atoms with Gasteiger partial charge in [-0.25, -0.2) is 9.66 Å². The highest BCUT2D eigenvalue weighted by atomic mass is 15.4. The van der Waals surface area contributed by atoms with Gasteiger partial charge in [-0.05, 0) is 19.3 Å². The van der Waals surface area contributed by atoms with E-state index in [1.807, 2.05) is 13.2 Å². The van der Waals surface area contributed by atoms with E-state index in [9.17, 15) is 0 Å². The predicted molar refractivity (Wildman–Crippen MR) is 70.3 cm³/mol. The number of aromatic nitrogens is 4. The van der Waals surface area contributed by atoms with Crippen LogP contribution in [0.25, 0.3) is 11.3 Å². The maximum Gasteiger partial charge on any atom is 0.150 e. The monoisotopic (exact) mass is 246 g/mol. The van der Waals surface area contributed by atoms with Crippen LogP contribution >= 0.6 is 0 Å². The Balaban J connectivity index is 2.13. The molecular formula is C12H18N6. The maximum absolute atomic E-state index is 6.07. The topological polar surface area (TPSA) is 87.7 Å². The molecule has 0 unspecified atom stereocenters. The standard InChI is InChI=1S/C12H18N6/c1-3-9-8(6-17(2)16-9)10-11(13)18(14)12(15-10)7-4-5-7/h6-7H,3-5,13-14H2,1-2H3. The first-order chi connectivity index (χ1) is 8.61. The van der Waals surface area contributed by atoms with Crippen LogP contribution in [0.4, 0.5) is 5.82 Å². The molecule has 2 aromatic rings. The Hall–Kier alpha value is -1.98. The number of hydrogen-bond acceptors (Lipinski definition) is 4.